The Bertz CT molecular complexity index is 371. The number of aliphatic hydroxyl groups excluding tert-OH is 1. The zero-order valence-electron chi connectivity index (χ0n) is 12.1. The lowest BCUT2D eigenvalue weighted by atomic mass is 10.1. The van der Waals surface area contributed by atoms with Gasteiger partial charge in [0.15, 0.2) is 0 Å². The quantitative estimate of drug-likeness (QED) is 0.684. The maximum Gasteiger partial charge on any atom is 0.320 e. The van der Waals surface area contributed by atoms with E-state index in [2.05, 4.69) is 4.90 Å². The highest BCUT2D eigenvalue weighted by atomic mass is 16.5. The second kappa shape index (κ2) is 7.58. The molecule has 8 nitrogen and oxygen atoms in total. The Kier molecular flexibility index (Phi) is 5.77. The van der Waals surface area contributed by atoms with Gasteiger partial charge in [-0.25, -0.2) is 4.79 Å². The number of ether oxygens (including phenoxy) is 1. The van der Waals surface area contributed by atoms with Crippen LogP contribution >= 0.6 is 0 Å². The molecule has 0 aliphatic carbocycles. The summed E-state index contributed by atoms with van der Waals surface area (Å²) in [7, 11) is 0. The second-order valence-corrected chi connectivity index (χ2v) is 5.35. The zero-order valence-corrected chi connectivity index (χ0v) is 12.1. The van der Waals surface area contributed by atoms with Gasteiger partial charge in [-0.2, -0.15) is 0 Å². The Morgan fingerprint density at radius 1 is 1.14 bits per heavy atom. The molecule has 2 rings (SSSR count). The molecule has 0 spiro atoms. The molecule has 0 aromatic carbocycles. The summed E-state index contributed by atoms with van der Waals surface area (Å²) in [6.45, 7) is 4.61. The van der Waals surface area contributed by atoms with E-state index in [1.807, 2.05) is 0 Å². The number of carbonyl (C=O) groups excluding carboxylic acids is 1. The van der Waals surface area contributed by atoms with Crippen molar-refractivity contribution in [1.29, 1.82) is 0 Å². The van der Waals surface area contributed by atoms with Gasteiger partial charge >= 0.3 is 12.0 Å². The zero-order chi connectivity index (χ0) is 15.2. The maximum atomic E-state index is 12.5. The smallest absolute Gasteiger partial charge is 0.320 e. The number of piperazine rings is 1. The third kappa shape index (κ3) is 4.29. The normalized spacial score (nSPS) is 24.1. The molecule has 2 aliphatic rings. The van der Waals surface area contributed by atoms with Crippen molar-refractivity contribution in [3.05, 3.63) is 0 Å². The van der Waals surface area contributed by atoms with E-state index in [1.54, 1.807) is 9.80 Å². The lowest BCUT2D eigenvalue weighted by molar-refractivity contribution is -0.139. The Labute approximate surface area is 123 Å². The molecule has 120 valence electrons. The first-order valence-electron chi connectivity index (χ1n) is 7.30. The topological polar surface area (TPSA) is 93.5 Å². The summed E-state index contributed by atoms with van der Waals surface area (Å²) < 4.78 is 5.29. The van der Waals surface area contributed by atoms with Crippen molar-refractivity contribution in [3.63, 3.8) is 0 Å². The number of morpholine rings is 1. The Morgan fingerprint density at radius 2 is 1.86 bits per heavy atom. The van der Waals surface area contributed by atoms with Gasteiger partial charge in [-0.15, -0.1) is 0 Å². The number of hydrogen-bond donors (Lipinski definition) is 2. The summed E-state index contributed by atoms with van der Waals surface area (Å²) in [5, 5.41) is 17.8. The largest absolute Gasteiger partial charge is 0.481 e. The Hall–Kier alpha value is -1.38. The summed E-state index contributed by atoms with van der Waals surface area (Å²) >= 11 is 0. The average Bonchev–Trinajstić information content (AvgIpc) is 2.48. The van der Waals surface area contributed by atoms with E-state index in [1.165, 1.54) is 0 Å². The highest BCUT2D eigenvalue weighted by Crippen LogP contribution is 2.15. The van der Waals surface area contributed by atoms with Crippen LogP contribution in [0.3, 0.4) is 0 Å². The monoisotopic (exact) mass is 301 g/mol. The maximum absolute atomic E-state index is 12.5. The molecule has 1 atom stereocenters. The van der Waals surface area contributed by atoms with Gasteiger partial charge in [0, 0.05) is 39.3 Å². The lowest BCUT2D eigenvalue weighted by Crippen LogP contribution is -2.58. The SMILES string of the molecule is O=C(O)CC1COCCN1C(=O)N1CCN(CCO)CC1. The molecule has 0 saturated carbocycles. The summed E-state index contributed by atoms with van der Waals surface area (Å²) in [6, 6.07) is -0.493. The molecule has 1 unspecified atom stereocenters. The first-order chi connectivity index (χ1) is 10.1. The molecule has 2 saturated heterocycles. The van der Waals surface area contributed by atoms with Crippen LogP contribution < -0.4 is 0 Å². The van der Waals surface area contributed by atoms with Gasteiger partial charge in [0.1, 0.15) is 0 Å². The van der Waals surface area contributed by atoms with Crippen LogP contribution in [-0.2, 0) is 9.53 Å². The number of β-amino-alcohol motifs (C(OH)–C–C–N with tert-alkyl or cyclic N) is 1. The Morgan fingerprint density at radius 3 is 2.48 bits per heavy atom. The number of aliphatic hydroxyl groups is 1. The highest BCUT2D eigenvalue weighted by molar-refractivity contribution is 5.76. The van der Waals surface area contributed by atoms with Crippen LogP contribution in [0, 0.1) is 0 Å². The molecule has 2 heterocycles. The highest BCUT2D eigenvalue weighted by Gasteiger charge is 2.33. The number of carboxylic acid groups (broad SMARTS) is 1. The van der Waals surface area contributed by atoms with Crippen LogP contribution in [0.5, 0.6) is 0 Å². The van der Waals surface area contributed by atoms with Crippen molar-refractivity contribution in [1.82, 2.24) is 14.7 Å². The van der Waals surface area contributed by atoms with Crippen LogP contribution in [0.4, 0.5) is 4.79 Å². The van der Waals surface area contributed by atoms with Gasteiger partial charge in [-0.3, -0.25) is 9.69 Å². The molecule has 2 N–H and O–H groups in total. The molecule has 21 heavy (non-hydrogen) atoms. The van der Waals surface area contributed by atoms with Crippen LogP contribution in [0.25, 0.3) is 0 Å². The molecular formula is C13H23N3O5. The van der Waals surface area contributed by atoms with Crippen LogP contribution in [0.2, 0.25) is 0 Å². The fraction of sp³-hybridized carbons (Fsp3) is 0.846. The van der Waals surface area contributed by atoms with Crippen molar-refractivity contribution < 1.29 is 24.5 Å². The minimum atomic E-state index is -0.920. The molecule has 0 aromatic heterocycles. The summed E-state index contributed by atoms with van der Waals surface area (Å²) in [6.07, 6.45) is -0.0871. The van der Waals surface area contributed by atoms with E-state index >= 15 is 0 Å². The van der Waals surface area contributed by atoms with Crippen molar-refractivity contribution in [2.24, 2.45) is 0 Å². The predicted molar refractivity (Wildman–Crippen MR) is 74.1 cm³/mol. The van der Waals surface area contributed by atoms with E-state index in [-0.39, 0.29) is 31.7 Å². The molecule has 8 heteroatoms. The van der Waals surface area contributed by atoms with Gasteiger partial charge in [0.2, 0.25) is 0 Å². The number of nitrogens with zero attached hydrogens (tertiary/aromatic N) is 3. The number of amides is 2. The van der Waals surface area contributed by atoms with Crippen molar-refractivity contribution in [2.75, 3.05) is 59.1 Å². The average molecular weight is 301 g/mol. The predicted octanol–water partition coefficient (Wildman–Crippen LogP) is -1.11. The number of hydrogen-bond acceptors (Lipinski definition) is 5. The van der Waals surface area contributed by atoms with E-state index in [4.69, 9.17) is 14.9 Å². The molecule has 2 fully saturated rings. The molecular weight excluding hydrogens is 278 g/mol. The van der Waals surface area contributed by atoms with Crippen LogP contribution in [0.15, 0.2) is 0 Å². The van der Waals surface area contributed by atoms with E-state index in [0.717, 1.165) is 13.1 Å². The van der Waals surface area contributed by atoms with Crippen LogP contribution in [-0.4, -0.2) is 102 Å². The summed E-state index contributed by atoms with van der Waals surface area (Å²) in [4.78, 5) is 28.9. The summed E-state index contributed by atoms with van der Waals surface area (Å²) in [5.74, 6) is -0.920. The van der Waals surface area contributed by atoms with Crippen LogP contribution in [0.1, 0.15) is 6.42 Å². The van der Waals surface area contributed by atoms with Gasteiger partial charge in [-0.05, 0) is 0 Å². The molecule has 2 aliphatic heterocycles. The number of rotatable bonds is 4. The van der Waals surface area contributed by atoms with E-state index in [0.29, 0.717) is 32.8 Å². The van der Waals surface area contributed by atoms with Gasteiger partial charge in [-0.1, -0.05) is 0 Å². The van der Waals surface area contributed by atoms with Gasteiger partial charge in [0.05, 0.1) is 32.3 Å². The number of carboxylic acids is 1. The first kappa shape index (κ1) is 16.0. The number of aliphatic carboxylic acids is 1. The first-order valence-corrected chi connectivity index (χ1v) is 7.30. The molecule has 0 bridgehead atoms. The third-order valence-corrected chi connectivity index (χ3v) is 3.94. The summed E-state index contributed by atoms with van der Waals surface area (Å²) in [5.41, 5.74) is 0. The molecule has 0 radical (unpaired) electrons. The fourth-order valence-corrected chi connectivity index (χ4v) is 2.76. The standard InChI is InChI=1S/C13H23N3O5/c17-7-5-14-1-3-15(4-2-14)13(20)16-6-8-21-10-11(16)9-12(18)19/h11,17H,1-10H2,(H,18,19). The second-order valence-electron chi connectivity index (χ2n) is 5.35. The third-order valence-electron chi connectivity index (χ3n) is 3.94. The molecule has 0 aromatic rings. The lowest BCUT2D eigenvalue weighted by Gasteiger charge is -2.41. The van der Waals surface area contributed by atoms with Gasteiger partial charge in [0.25, 0.3) is 0 Å². The van der Waals surface area contributed by atoms with E-state index in [9.17, 15) is 9.59 Å². The van der Waals surface area contributed by atoms with Crippen molar-refractivity contribution in [3.8, 4) is 0 Å². The fourth-order valence-electron chi connectivity index (χ4n) is 2.76. The Balaban J connectivity index is 1.90. The number of carbonyl (C=O) groups is 2. The van der Waals surface area contributed by atoms with E-state index < -0.39 is 5.97 Å². The molecule has 2 amide bonds. The minimum absolute atomic E-state index is 0.0871. The number of urea groups is 1. The van der Waals surface area contributed by atoms with Crippen molar-refractivity contribution >= 4 is 12.0 Å². The minimum Gasteiger partial charge on any atom is -0.481 e. The van der Waals surface area contributed by atoms with Crippen molar-refractivity contribution in [2.45, 2.75) is 12.5 Å². The van der Waals surface area contributed by atoms with Gasteiger partial charge < -0.3 is 24.7 Å².